The van der Waals surface area contributed by atoms with Gasteiger partial charge in [0.25, 0.3) is 17.7 Å². The second-order valence-corrected chi connectivity index (χ2v) is 8.36. The van der Waals surface area contributed by atoms with Crippen LogP contribution in [0.15, 0.2) is 42.6 Å². The van der Waals surface area contributed by atoms with Gasteiger partial charge in [-0.3, -0.25) is 9.59 Å². The molecule has 0 radical (unpaired) electrons. The highest BCUT2D eigenvalue weighted by atomic mass is 19.3. The van der Waals surface area contributed by atoms with E-state index in [1.807, 2.05) is 18.2 Å². The number of nitrogens with zero attached hydrogens (tertiary/aromatic N) is 6. The number of aromatic nitrogens is 4. The number of hydrogen-bond acceptors (Lipinski definition) is 5. The molecular formula is C22H22F2N6O2. The minimum atomic E-state index is -3.01. The standard InChI is InChI=1S/C22H22F2N6O2/c23-22(24)11-16(12-29-13-19(26-27-29)20(31)28-9-3-4-10-28)30(14-22)21(32)18-8-7-15-5-1-2-6-17(15)25-18/h1-2,5-8,13,16H,3-4,9-12,14H2. The van der Waals surface area contributed by atoms with Crippen LogP contribution in [-0.2, 0) is 6.54 Å². The van der Waals surface area contributed by atoms with Crippen LogP contribution < -0.4 is 0 Å². The highest BCUT2D eigenvalue weighted by molar-refractivity contribution is 5.95. The Morgan fingerprint density at radius 1 is 1.03 bits per heavy atom. The Kier molecular flexibility index (Phi) is 5.07. The largest absolute Gasteiger partial charge is 0.337 e. The Labute approximate surface area is 182 Å². The van der Waals surface area contributed by atoms with Gasteiger partial charge in [0, 0.05) is 24.9 Å². The summed E-state index contributed by atoms with van der Waals surface area (Å²) in [5.74, 6) is -3.77. The lowest BCUT2D eigenvalue weighted by atomic mass is 10.1. The van der Waals surface area contributed by atoms with Gasteiger partial charge in [-0.05, 0) is 25.0 Å². The zero-order chi connectivity index (χ0) is 22.3. The summed E-state index contributed by atoms with van der Waals surface area (Å²) in [5.41, 5.74) is 0.933. The maximum atomic E-state index is 14.3. The molecule has 8 nitrogen and oxygen atoms in total. The highest BCUT2D eigenvalue weighted by Gasteiger charge is 2.47. The van der Waals surface area contributed by atoms with E-state index in [2.05, 4.69) is 15.3 Å². The number of hydrogen-bond donors (Lipinski definition) is 0. The summed E-state index contributed by atoms with van der Waals surface area (Å²) in [6.45, 7) is 0.706. The van der Waals surface area contributed by atoms with Crippen LogP contribution in [0.1, 0.15) is 40.2 Å². The van der Waals surface area contributed by atoms with Crippen LogP contribution in [-0.4, -0.2) is 73.2 Å². The van der Waals surface area contributed by atoms with Gasteiger partial charge in [-0.2, -0.15) is 0 Å². The van der Waals surface area contributed by atoms with Crippen molar-refractivity contribution in [3.8, 4) is 0 Å². The monoisotopic (exact) mass is 440 g/mol. The van der Waals surface area contributed by atoms with Crippen LogP contribution in [0.4, 0.5) is 8.78 Å². The summed E-state index contributed by atoms with van der Waals surface area (Å²) in [5, 5.41) is 8.73. The fourth-order valence-electron chi connectivity index (χ4n) is 4.41. The van der Waals surface area contributed by atoms with E-state index in [-0.39, 0.29) is 23.8 Å². The third kappa shape index (κ3) is 3.92. The molecule has 166 valence electrons. The lowest BCUT2D eigenvalue weighted by molar-refractivity contribution is 0.0116. The second-order valence-electron chi connectivity index (χ2n) is 8.36. The van der Waals surface area contributed by atoms with Gasteiger partial charge in [-0.25, -0.2) is 18.4 Å². The Morgan fingerprint density at radius 2 is 1.81 bits per heavy atom. The average Bonchev–Trinajstić information content (AvgIpc) is 3.53. The van der Waals surface area contributed by atoms with E-state index in [1.165, 1.54) is 10.9 Å². The fourth-order valence-corrected chi connectivity index (χ4v) is 4.41. The minimum absolute atomic E-state index is 0.0230. The normalized spacial score (nSPS) is 20.2. The number of pyridine rings is 1. The van der Waals surface area contributed by atoms with Gasteiger partial charge in [-0.15, -0.1) is 5.10 Å². The van der Waals surface area contributed by atoms with E-state index in [1.54, 1.807) is 23.1 Å². The molecule has 2 aliphatic heterocycles. The first-order chi connectivity index (χ1) is 15.4. The molecule has 0 aliphatic carbocycles. The van der Waals surface area contributed by atoms with E-state index in [4.69, 9.17) is 0 Å². The Morgan fingerprint density at radius 3 is 2.62 bits per heavy atom. The molecular weight excluding hydrogens is 418 g/mol. The number of benzene rings is 1. The van der Waals surface area contributed by atoms with Gasteiger partial charge in [0.05, 0.1) is 30.8 Å². The van der Waals surface area contributed by atoms with Crippen molar-refractivity contribution in [3.63, 3.8) is 0 Å². The molecule has 32 heavy (non-hydrogen) atoms. The van der Waals surface area contributed by atoms with Crippen molar-refractivity contribution in [2.45, 2.75) is 37.8 Å². The topological polar surface area (TPSA) is 84.2 Å². The molecule has 2 saturated heterocycles. The lowest BCUT2D eigenvalue weighted by Crippen LogP contribution is -2.39. The third-order valence-corrected chi connectivity index (χ3v) is 6.00. The van der Waals surface area contributed by atoms with Gasteiger partial charge in [0.15, 0.2) is 5.69 Å². The Balaban J connectivity index is 1.35. The van der Waals surface area contributed by atoms with E-state index >= 15 is 0 Å². The van der Waals surface area contributed by atoms with Gasteiger partial charge in [-0.1, -0.05) is 29.5 Å². The summed E-state index contributed by atoms with van der Waals surface area (Å²) in [4.78, 5) is 32.8. The zero-order valence-electron chi connectivity index (χ0n) is 17.3. The quantitative estimate of drug-likeness (QED) is 0.623. The molecule has 0 N–H and O–H groups in total. The number of alkyl halides is 2. The van der Waals surface area contributed by atoms with Crippen LogP contribution in [0.25, 0.3) is 10.9 Å². The average molecular weight is 440 g/mol. The first-order valence-corrected chi connectivity index (χ1v) is 10.6. The van der Waals surface area contributed by atoms with Gasteiger partial charge < -0.3 is 9.80 Å². The fraction of sp³-hybridized carbons (Fsp3) is 0.409. The van der Waals surface area contributed by atoms with Crippen LogP contribution in [0.5, 0.6) is 0 Å². The van der Waals surface area contributed by atoms with Gasteiger partial charge >= 0.3 is 0 Å². The van der Waals surface area contributed by atoms with Crippen LogP contribution in [0.3, 0.4) is 0 Å². The second kappa shape index (κ2) is 7.92. The maximum absolute atomic E-state index is 14.3. The molecule has 2 aromatic heterocycles. The summed E-state index contributed by atoms with van der Waals surface area (Å²) < 4.78 is 30.0. The number of halogens is 2. The van der Waals surface area contributed by atoms with E-state index in [0.29, 0.717) is 18.6 Å². The van der Waals surface area contributed by atoms with Crippen LogP contribution in [0, 0.1) is 0 Å². The van der Waals surface area contributed by atoms with E-state index in [0.717, 1.165) is 23.1 Å². The van der Waals surface area contributed by atoms with Crippen molar-refractivity contribution in [1.82, 2.24) is 29.8 Å². The molecule has 0 spiro atoms. The Bertz CT molecular complexity index is 1170. The SMILES string of the molecule is O=C(c1cn(CC2CC(F)(F)CN2C(=O)c2ccc3ccccc3n2)nn1)N1CCCC1. The zero-order valence-corrected chi connectivity index (χ0v) is 17.3. The molecule has 1 atom stereocenters. The number of carbonyl (C=O) groups is 2. The molecule has 2 aliphatic rings. The molecule has 2 amide bonds. The summed E-state index contributed by atoms with van der Waals surface area (Å²) in [6, 6.07) is 9.84. The van der Waals surface area contributed by atoms with Crippen molar-refractivity contribution in [3.05, 3.63) is 54.0 Å². The molecule has 5 rings (SSSR count). The smallest absolute Gasteiger partial charge is 0.276 e. The lowest BCUT2D eigenvalue weighted by Gasteiger charge is -2.23. The van der Waals surface area contributed by atoms with E-state index in [9.17, 15) is 18.4 Å². The maximum Gasteiger partial charge on any atom is 0.276 e. The number of amides is 2. The number of rotatable bonds is 4. The van der Waals surface area contributed by atoms with Gasteiger partial charge in [0.1, 0.15) is 5.69 Å². The molecule has 1 unspecified atom stereocenters. The predicted octanol–water partition coefficient (Wildman–Crippen LogP) is 2.61. The molecule has 3 aromatic rings. The van der Waals surface area contributed by atoms with Crippen molar-refractivity contribution in [1.29, 1.82) is 0 Å². The predicted molar refractivity (Wildman–Crippen MR) is 111 cm³/mol. The Hall–Kier alpha value is -3.43. The van der Waals surface area contributed by atoms with Crippen LogP contribution >= 0.6 is 0 Å². The van der Waals surface area contributed by atoms with E-state index < -0.39 is 30.8 Å². The molecule has 0 bridgehead atoms. The van der Waals surface area contributed by atoms with Crippen molar-refractivity contribution >= 4 is 22.7 Å². The van der Waals surface area contributed by atoms with Gasteiger partial charge in [0.2, 0.25) is 0 Å². The molecule has 0 saturated carbocycles. The number of para-hydroxylation sites is 1. The number of fused-ring (bicyclic) bond motifs is 1. The molecule has 4 heterocycles. The number of likely N-dealkylation sites (tertiary alicyclic amines) is 2. The van der Waals surface area contributed by atoms with Crippen molar-refractivity contribution in [2.75, 3.05) is 19.6 Å². The van der Waals surface area contributed by atoms with Crippen molar-refractivity contribution in [2.24, 2.45) is 0 Å². The first-order valence-electron chi connectivity index (χ1n) is 10.6. The van der Waals surface area contributed by atoms with Crippen LogP contribution in [0.2, 0.25) is 0 Å². The summed E-state index contributed by atoms with van der Waals surface area (Å²) in [7, 11) is 0. The highest BCUT2D eigenvalue weighted by Crippen LogP contribution is 2.33. The summed E-state index contributed by atoms with van der Waals surface area (Å²) in [6.07, 6.45) is 2.89. The summed E-state index contributed by atoms with van der Waals surface area (Å²) >= 11 is 0. The third-order valence-electron chi connectivity index (χ3n) is 6.00. The molecule has 1 aromatic carbocycles. The molecule has 2 fully saturated rings. The minimum Gasteiger partial charge on any atom is -0.337 e. The molecule has 10 heteroatoms. The van der Waals surface area contributed by atoms with Crippen molar-refractivity contribution < 1.29 is 18.4 Å². The number of carbonyl (C=O) groups excluding carboxylic acids is 2. The first kappa shape index (κ1) is 20.5.